The highest BCUT2D eigenvalue weighted by molar-refractivity contribution is 7.98. The lowest BCUT2D eigenvalue weighted by Gasteiger charge is -2.19. The SMILES string of the molecule is CSc1cccc(NC(=O)c2cc3c(s2)-c2c(C)cccc2OC3)c1. The van der Waals surface area contributed by atoms with Crippen molar-refractivity contribution >= 4 is 34.7 Å². The van der Waals surface area contributed by atoms with Crippen molar-refractivity contribution in [3.8, 4) is 16.2 Å². The van der Waals surface area contributed by atoms with Crippen LogP contribution < -0.4 is 10.1 Å². The van der Waals surface area contributed by atoms with E-state index in [1.165, 1.54) is 16.9 Å². The van der Waals surface area contributed by atoms with Gasteiger partial charge >= 0.3 is 0 Å². The molecule has 3 nitrogen and oxygen atoms in total. The Bertz CT molecular complexity index is 962. The molecular weight excluding hydrogens is 350 g/mol. The van der Waals surface area contributed by atoms with E-state index in [2.05, 4.69) is 18.3 Å². The molecule has 0 bridgehead atoms. The summed E-state index contributed by atoms with van der Waals surface area (Å²) in [5.41, 5.74) is 4.17. The average molecular weight is 367 g/mol. The summed E-state index contributed by atoms with van der Waals surface area (Å²) in [7, 11) is 0. The summed E-state index contributed by atoms with van der Waals surface area (Å²) in [6.07, 6.45) is 2.02. The number of hydrogen-bond acceptors (Lipinski definition) is 4. The van der Waals surface area contributed by atoms with Crippen LogP contribution in [-0.4, -0.2) is 12.2 Å². The maximum Gasteiger partial charge on any atom is 0.265 e. The third-order valence-electron chi connectivity index (χ3n) is 4.21. The van der Waals surface area contributed by atoms with Gasteiger partial charge in [0.05, 0.1) is 4.88 Å². The number of thiophene rings is 1. The average Bonchev–Trinajstić information content (AvgIpc) is 3.06. The van der Waals surface area contributed by atoms with Crippen LogP contribution in [0.4, 0.5) is 5.69 Å². The second-order valence-electron chi connectivity index (χ2n) is 5.89. The number of aryl methyl sites for hydroxylation is 1. The van der Waals surface area contributed by atoms with E-state index in [9.17, 15) is 4.79 Å². The van der Waals surface area contributed by atoms with Crippen LogP contribution in [0.15, 0.2) is 53.4 Å². The number of carbonyl (C=O) groups excluding carboxylic acids is 1. The molecule has 1 amide bonds. The Balaban J connectivity index is 1.65. The number of anilines is 1. The zero-order valence-electron chi connectivity index (χ0n) is 14.0. The van der Waals surface area contributed by atoms with Crippen LogP contribution in [0.2, 0.25) is 0 Å². The van der Waals surface area contributed by atoms with Gasteiger partial charge in [-0.05, 0) is 49.1 Å². The van der Waals surface area contributed by atoms with Gasteiger partial charge < -0.3 is 10.1 Å². The number of hydrogen-bond donors (Lipinski definition) is 1. The van der Waals surface area contributed by atoms with Crippen molar-refractivity contribution < 1.29 is 9.53 Å². The smallest absolute Gasteiger partial charge is 0.265 e. The summed E-state index contributed by atoms with van der Waals surface area (Å²) in [6.45, 7) is 2.59. The van der Waals surface area contributed by atoms with E-state index in [4.69, 9.17) is 4.74 Å². The second-order valence-corrected chi connectivity index (χ2v) is 7.82. The Morgan fingerprint density at radius 2 is 2.04 bits per heavy atom. The Hall–Kier alpha value is -2.24. The number of rotatable bonds is 3. The van der Waals surface area contributed by atoms with Crippen LogP contribution in [0.25, 0.3) is 10.4 Å². The predicted octanol–water partition coefficient (Wildman–Crippen LogP) is 5.59. The molecule has 3 aromatic rings. The molecule has 0 fully saturated rings. The number of amides is 1. The molecule has 0 unspecified atom stereocenters. The van der Waals surface area contributed by atoms with Crippen LogP contribution in [0, 0.1) is 6.92 Å². The Morgan fingerprint density at radius 1 is 1.20 bits per heavy atom. The van der Waals surface area contributed by atoms with Gasteiger partial charge in [-0.25, -0.2) is 0 Å². The largest absolute Gasteiger partial charge is 0.488 e. The van der Waals surface area contributed by atoms with Crippen molar-refractivity contribution in [3.05, 3.63) is 64.5 Å². The zero-order valence-corrected chi connectivity index (χ0v) is 15.6. The van der Waals surface area contributed by atoms with Crippen LogP contribution in [0.5, 0.6) is 5.75 Å². The van der Waals surface area contributed by atoms with Crippen molar-refractivity contribution in [2.75, 3.05) is 11.6 Å². The molecule has 1 N–H and O–H groups in total. The van der Waals surface area contributed by atoms with Gasteiger partial charge in [0.2, 0.25) is 0 Å². The second kappa shape index (κ2) is 6.58. The van der Waals surface area contributed by atoms with Crippen molar-refractivity contribution in [3.63, 3.8) is 0 Å². The van der Waals surface area contributed by atoms with Gasteiger partial charge in [-0.3, -0.25) is 4.79 Å². The lowest BCUT2D eigenvalue weighted by atomic mass is 10.0. The Morgan fingerprint density at radius 3 is 2.88 bits per heavy atom. The molecule has 4 rings (SSSR count). The minimum Gasteiger partial charge on any atom is -0.488 e. The molecule has 0 atom stereocenters. The van der Waals surface area contributed by atoms with Gasteiger partial charge in [0.15, 0.2) is 0 Å². The molecule has 1 aliphatic rings. The molecule has 0 spiro atoms. The van der Waals surface area contributed by atoms with Gasteiger partial charge in [-0.2, -0.15) is 0 Å². The predicted molar refractivity (Wildman–Crippen MR) is 105 cm³/mol. The Labute approximate surface area is 155 Å². The van der Waals surface area contributed by atoms with E-state index >= 15 is 0 Å². The summed E-state index contributed by atoms with van der Waals surface area (Å²) in [6, 6.07) is 15.9. The third kappa shape index (κ3) is 3.05. The summed E-state index contributed by atoms with van der Waals surface area (Å²) in [5, 5.41) is 3.00. The molecule has 1 aliphatic heterocycles. The first-order valence-corrected chi connectivity index (χ1v) is 10.0. The Kier molecular flexibility index (Phi) is 4.27. The number of nitrogens with one attached hydrogen (secondary N) is 1. The minimum atomic E-state index is -0.0761. The number of ether oxygens (including phenoxy) is 1. The molecule has 0 radical (unpaired) electrons. The van der Waals surface area contributed by atoms with Crippen LogP contribution in [-0.2, 0) is 6.61 Å². The first kappa shape index (κ1) is 16.2. The molecular formula is C20H17NO2S2. The normalized spacial score (nSPS) is 12.1. The number of benzene rings is 2. The van der Waals surface area contributed by atoms with E-state index in [0.717, 1.165) is 32.3 Å². The van der Waals surface area contributed by atoms with E-state index < -0.39 is 0 Å². The fourth-order valence-electron chi connectivity index (χ4n) is 2.96. The maximum absolute atomic E-state index is 12.7. The molecule has 2 heterocycles. The first-order valence-electron chi connectivity index (χ1n) is 7.96. The standard InChI is InChI=1S/C20H17NO2S2/c1-12-5-3-8-16-18(12)19-13(11-23-16)9-17(25-19)20(22)21-14-6-4-7-15(10-14)24-2/h3-10H,11H2,1-2H3,(H,21,22). The number of carbonyl (C=O) groups is 1. The van der Waals surface area contributed by atoms with E-state index in [1.54, 1.807) is 11.8 Å². The monoisotopic (exact) mass is 367 g/mol. The van der Waals surface area contributed by atoms with Gasteiger partial charge in [0.1, 0.15) is 12.4 Å². The highest BCUT2D eigenvalue weighted by Crippen LogP contribution is 2.44. The van der Waals surface area contributed by atoms with Crippen molar-refractivity contribution in [1.82, 2.24) is 0 Å². The molecule has 0 aliphatic carbocycles. The number of thioether (sulfide) groups is 1. The summed E-state index contributed by atoms with van der Waals surface area (Å²) < 4.78 is 5.84. The van der Waals surface area contributed by atoms with Crippen LogP contribution in [0.1, 0.15) is 20.8 Å². The molecule has 0 saturated carbocycles. The fraction of sp³-hybridized carbons (Fsp3) is 0.150. The summed E-state index contributed by atoms with van der Waals surface area (Å²) in [4.78, 5) is 15.7. The number of fused-ring (bicyclic) bond motifs is 3. The molecule has 0 saturated heterocycles. The molecule has 25 heavy (non-hydrogen) atoms. The van der Waals surface area contributed by atoms with Crippen LogP contribution in [0.3, 0.4) is 0 Å². The van der Waals surface area contributed by atoms with Gasteiger partial charge in [-0.15, -0.1) is 23.1 Å². The highest BCUT2D eigenvalue weighted by atomic mass is 32.2. The van der Waals surface area contributed by atoms with Crippen molar-refractivity contribution in [1.29, 1.82) is 0 Å². The zero-order chi connectivity index (χ0) is 17.4. The van der Waals surface area contributed by atoms with E-state index in [-0.39, 0.29) is 5.91 Å². The van der Waals surface area contributed by atoms with Gasteiger partial charge in [-0.1, -0.05) is 18.2 Å². The molecule has 1 aromatic heterocycles. The maximum atomic E-state index is 12.7. The van der Waals surface area contributed by atoms with Gasteiger partial charge in [0, 0.05) is 26.6 Å². The van der Waals surface area contributed by atoms with Crippen molar-refractivity contribution in [2.24, 2.45) is 0 Å². The molecule has 5 heteroatoms. The van der Waals surface area contributed by atoms with E-state index in [1.807, 2.05) is 48.7 Å². The third-order valence-corrected chi connectivity index (χ3v) is 6.12. The van der Waals surface area contributed by atoms with Gasteiger partial charge in [0.25, 0.3) is 5.91 Å². The lowest BCUT2D eigenvalue weighted by Crippen LogP contribution is -2.10. The quantitative estimate of drug-likeness (QED) is 0.613. The topological polar surface area (TPSA) is 38.3 Å². The van der Waals surface area contributed by atoms with Crippen molar-refractivity contribution in [2.45, 2.75) is 18.4 Å². The lowest BCUT2D eigenvalue weighted by molar-refractivity contribution is 0.103. The minimum absolute atomic E-state index is 0.0761. The first-order chi connectivity index (χ1) is 12.2. The highest BCUT2D eigenvalue weighted by Gasteiger charge is 2.24. The molecule has 126 valence electrons. The summed E-state index contributed by atoms with van der Waals surface area (Å²) in [5.74, 6) is 0.821. The van der Waals surface area contributed by atoms with Crippen LogP contribution >= 0.6 is 23.1 Å². The fourth-order valence-corrected chi connectivity index (χ4v) is 4.60. The molecule has 2 aromatic carbocycles. The van der Waals surface area contributed by atoms with E-state index in [0.29, 0.717) is 11.5 Å². The summed E-state index contributed by atoms with van der Waals surface area (Å²) >= 11 is 3.19.